The molecule has 0 aliphatic heterocycles. The lowest BCUT2D eigenvalue weighted by atomic mass is 10.0. The molecule has 0 radical (unpaired) electrons. The van der Waals surface area contributed by atoms with E-state index in [2.05, 4.69) is 4.72 Å². The third-order valence-corrected chi connectivity index (χ3v) is 6.43. The van der Waals surface area contributed by atoms with Crippen LogP contribution in [-0.4, -0.2) is 28.7 Å². The molecule has 0 aliphatic rings. The number of rotatable bonds is 8. The van der Waals surface area contributed by atoms with Gasteiger partial charge in [-0.25, -0.2) is 13.1 Å². The lowest BCUT2D eigenvalue weighted by Gasteiger charge is -2.16. The number of hydrogen-bond acceptors (Lipinski definition) is 4. The standard InChI is InChI=1S/C23H27NO4S/c1-16(2)21-15-23(17(3)13-22(21)27-4)29(25,26)24-11-12-28-20-10-9-18-7-5-6-8-19(18)14-20/h5-10,13-16,24H,11-12H2,1-4H3. The van der Waals surface area contributed by atoms with Crippen molar-refractivity contribution < 1.29 is 17.9 Å². The van der Waals surface area contributed by atoms with Gasteiger partial charge in [-0.05, 0) is 59.0 Å². The molecule has 0 saturated heterocycles. The molecule has 0 bridgehead atoms. The molecule has 3 aromatic carbocycles. The number of fused-ring (bicyclic) bond motifs is 1. The van der Waals surface area contributed by atoms with Crippen molar-refractivity contribution >= 4 is 20.8 Å². The van der Waals surface area contributed by atoms with E-state index in [4.69, 9.17) is 9.47 Å². The van der Waals surface area contributed by atoms with Gasteiger partial charge in [0.25, 0.3) is 0 Å². The van der Waals surface area contributed by atoms with Crippen LogP contribution in [0.1, 0.15) is 30.9 Å². The van der Waals surface area contributed by atoms with Crippen LogP contribution < -0.4 is 14.2 Å². The minimum atomic E-state index is -3.65. The van der Waals surface area contributed by atoms with Crippen LogP contribution in [0.4, 0.5) is 0 Å². The van der Waals surface area contributed by atoms with Crippen LogP contribution in [0.25, 0.3) is 10.8 Å². The number of hydrogen-bond donors (Lipinski definition) is 1. The van der Waals surface area contributed by atoms with E-state index in [1.54, 1.807) is 26.2 Å². The van der Waals surface area contributed by atoms with Crippen molar-refractivity contribution in [1.82, 2.24) is 4.72 Å². The van der Waals surface area contributed by atoms with Crippen LogP contribution >= 0.6 is 0 Å². The summed E-state index contributed by atoms with van der Waals surface area (Å²) in [6.07, 6.45) is 0. The van der Waals surface area contributed by atoms with Gasteiger partial charge in [0.15, 0.2) is 0 Å². The molecule has 5 nitrogen and oxygen atoms in total. The monoisotopic (exact) mass is 413 g/mol. The Morgan fingerprint density at radius 1 is 1.00 bits per heavy atom. The van der Waals surface area contributed by atoms with Crippen LogP contribution in [0.3, 0.4) is 0 Å². The molecule has 0 spiro atoms. The fourth-order valence-electron chi connectivity index (χ4n) is 3.27. The quantitative estimate of drug-likeness (QED) is 0.547. The number of nitrogens with one attached hydrogen (secondary N) is 1. The number of ether oxygens (including phenoxy) is 2. The topological polar surface area (TPSA) is 64.6 Å². The van der Waals surface area contributed by atoms with E-state index in [-0.39, 0.29) is 24.0 Å². The Labute approximate surface area is 172 Å². The first kappa shape index (κ1) is 21.1. The second-order valence-electron chi connectivity index (χ2n) is 7.27. The molecule has 6 heteroatoms. The van der Waals surface area contributed by atoms with E-state index >= 15 is 0 Å². The Kier molecular flexibility index (Phi) is 6.45. The Hall–Kier alpha value is -2.57. The van der Waals surface area contributed by atoms with Crippen LogP contribution in [-0.2, 0) is 10.0 Å². The van der Waals surface area contributed by atoms with Crippen molar-refractivity contribution in [3.05, 3.63) is 65.7 Å². The highest BCUT2D eigenvalue weighted by Gasteiger charge is 2.20. The first-order chi connectivity index (χ1) is 13.8. The zero-order chi connectivity index (χ0) is 21.0. The molecule has 0 aliphatic carbocycles. The van der Waals surface area contributed by atoms with Crippen LogP contribution in [0.2, 0.25) is 0 Å². The third-order valence-electron chi connectivity index (χ3n) is 4.82. The number of sulfonamides is 1. The molecule has 0 amide bonds. The SMILES string of the molecule is COc1cc(C)c(S(=O)(=O)NCCOc2ccc3ccccc3c2)cc1C(C)C. The zero-order valence-electron chi connectivity index (χ0n) is 17.2. The van der Waals surface area contributed by atoms with Crippen molar-refractivity contribution in [2.45, 2.75) is 31.6 Å². The molecule has 3 rings (SSSR count). The average molecular weight is 414 g/mol. The van der Waals surface area contributed by atoms with Gasteiger partial charge in [0.1, 0.15) is 18.1 Å². The molecule has 154 valence electrons. The second-order valence-corrected chi connectivity index (χ2v) is 9.00. The van der Waals surface area contributed by atoms with Crippen molar-refractivity contribution in [3.8, 4) is 11.5 Å². The lowest BCUT2D eigenvalue weighted by molar-refractivity contribution is 0.323. The highest BCUT2D eigenvalue weighted by molar-refractivity contribution is 7.89. The summed E-state index contributed by atoms with van der Waals surface area (Å²) in [6, 6.07) is 17.3. The molecule has 0 fully saturated rings. The number of aryl methyl sites for hydroxylation is 1. The molecule has 0 unspecified atom stereocenters. The molecular weight excluding hydrogens is 386 g/mol. The predicted molar refractivity (Wildman–Crippen MR) is 116 cm³/mol. The van der Waals surface area contributed by atoms with Gasteiger partial charge in [-0.2, -0.15) is 0 Å². The molecule has 0 atom stereocenters. The van der Waals surface area contributed by atoms with Crippen molar-refractivity contribution in [2.24, 2.45) is 0 Å². The van der Waals surface area contributed by atoms with Gasteiger partial charge in [0.2, 0.25) is 10.0 Å². The fraction of sp³-hybridized carbons (Fsp3) is 0.304. The van der Waals surface area contributed by atoms with E-state index in [0.29, 0.717) is 17.1 Å². The maximum atomic E-state index is 12.8. The van der Waals surface area contributed by atoms with Gasteiger partial charge in [-0.1, -0.05) is 44.2 Å². The summed E-state index contributed by atoms with van der Waals surface area (Å²) in [5, 5.41) is 2.22. The Balaban J connectivity index is 1.67. The minimum absolute atomic E-state index is 0.149. The maximum absolute atomic E-state index is 12.8. The molecule has 0 saturated carbocycles. The number of methoxy groups -OCH3 is 1. The highest BCUT2D eigenvalue weighted by atomic mass is 32.2. The van der Waals surface area contributed by atoms with E-state index in [0.717, 1.165) is 16.3 Å². The molecule has 0 aromatic heterocycles. The van der Waals surface area contributed by atoms with Crippen molar-refractivity contribution in [1.29, 1.82) is 0 Å². The van der Waals surface area contributed by atoms with Gasteiger partial charge in [0, 0.05) is 6.54 Å². The van der Waals surface area contributed by atoms with E-state index < -0.39 is 10.0 Å². The van der Waals surface area contributed by atoms with E-state index in [9.17, 15) is 8.42 Å². The normalized spacial score (nSPS) is 11.8. The summed E-state index contributed by atoms with van der Waals surface area (Å²) in [5.74, 6) is 1.57. The summed E-state index contributed by atoms with van der Waals surface area (Å²) in [6.45, 7) is 6.21. The molecule has 0 heterocycles. The first-order valence-electron chi connectivity index (χ1n) is 9.61. The Bertz CT molecular complexity index is 1110. The summed E-state index contributed by atoms with van der Waals surface area (Å²) in [4.78, 5) is 0.271. The van der Waals surface area contributed by atoms with Gasteiger partial charge in [-0.15, -0.1) is 0 Å². The second kappa shape index (κ2) is 8.84. The summed E-state index contributed by atoms with van der Waals surface area (Å²) in [5.41, 5.74) is 1.51. The summed E-state index contributed by atoms with van der Waals surface area (Å²) in [7, 11) is -2.05. The zero-order valence-corrected chi connectivity index (χ0v) is 18.0. The molecule has 3 aromatic rings. The Morgan fingerprint density at radius 3 is 2.41 bits per heavy atom. The largest absolute Gasteiger partial charge is 0.496 e. The predicted octanol–water partition coefficient (Wildman–Crippen LogP) is 4.64. The van der Waals surface area contributed by atoms with Gasteiger partial charge in [0.05, 0.1) is 12.0 Å². The van der Waals surface area contributed by atoms with Crippen molar-refractivity contribution in [2.75, 3.05) is 20.3 Å². The van der Waals surface area contributed by atoms with Crippen LogP contribution in [0.15, 0.2) is 59.5 Å². The molecule has 29 heavy (non-hydrogen) atoms. The van der Waals surface area contributed by atoms with E-state index in [1.165, 1.54) is 0 Å². The maximum Gasteiger partial charge on any atom is 0.240 e. The fourth-order valence-corrected chi connectivity index (χ4v) is 4.55. The number of benzene rings is 3. The van der Waals surface area contributed by atoms with Gasteiger partial charge in [-0.3, -0.25) is 0 Å². The minimum Gasteiger partial charge on any atom is -0.496 e. The third kappa shape index (κ3) is 4.89. The van der Waals surface area contributed by atoms with Gasteiger partial charge >= 0.3 is 0 Å². The first-order valence-corrected chi connectivity index (χ1v) is 11.1. The average Bonchev–Trinajstić information content (AvgIpc) is 2.70. The van der Waals surface area contributed by atoms with Crippen LogP contribution in [0, 0.1) is 6.92 Å². The lowest BCUT2D eigenvalue weighted by Crippen LogP contribution is -2.29. The van der Waals surface area contributed by atoms with Gasteiger partial charge < -0.3 is 9.47 Å². The van der Waals surface area contributed by atoms with E-state index in [1.807, 2.05) is 56.3 Å². The van der Waals surface area contributed by atoms with Crippen molar-refractivity contribution in [3.63, 3.8) is 0 Å². The Morgan fingerprint density at radius 2 is 1.72 bits per heavy atom. The highest BCUT2D eigenvalue weighted by Crippen LogP contribution is 2.31. The summed E-state index contributed by atoms with van der Waals surface area (Å²) < 4.78 is 39.4. The summed E-state index contributed by atoms with van der Waals surface area (Å²) >= 11 is 0. The molecular formula is C23H27NO4S. The van der Waals surface area contributed by atoms with Crippen LogP contribution in [0.5, 0.6) is 11.5 Å². The smallest absolute Gasteiger partial charge is 0.240 e. The molecule has 1 N–H and O–H groups in total.